The Hall–Kier alpha value is -2.82. The summed E-state index contributed by atoms with van der Waals surface area (Å²) >= 11 is 5.88. The van der Waals surface area contributed by atoms with Crippen LogP contribution in [0.3, 0.4) is 0 Å². The van der Waals surface area contributed by atoms with Gasteiger partial charge >= 0.3 is 5.82 Å². The molecule has 0 amide bonds. The number of nitrogens with one attached hydrogen (secondary N) is 1. The maximum absolute atomic E-state index is 13.9. The zero-order valence-corrected chi connectivity index (χ0v) is 16.8. The van der Waals surface area contributed by atoms with Gasteiger partial charge in [-0.3, -0.25) is 4.99 Å². The highest BCUT2D eigenvalue weighted by Crippen LogP contribution is 2.21. The van der Waals surface area contributed by atoms with E-state index in [9.17, 15) is 12.8 Å². The van der Waals surface area contributed by atoms with Crippen molar-refractivity contribution >= 4 is 42.7 Å². The Morgan fingerprint density at radius 1 is 1.34 bits per heavy atom. The van der Waals surface area contributed by atoms with Crippen molar-refractivity contribution in [2.24, 2.45) is 10.7 Å². The normalized spacial score (nSPS) is 12.9. The number of nitrogens with zero attached hydrogens (tertiary/aromatic N) is 3. The molecule has 0 aliphatic carbocycles. The molecule has 2 aromatic heterocycles. The molecule has 0 aliphatic heterocycles. The van der Waals surface area contributed by atoms with Crippen LogP contribution >= 0.6 is 22.3 Å². The van der Waals surface area contributed by atoms with Crippen LogP contribution in [0.5, 0.6) is 0 Å². The molecule has 0 saturated heterocycles. The summed E-state index contributed by atoms with van der Waals surface area (Å²) in [6.45, 7) is 0.0278. The van der Waals surface area contributed by atoms with Gasteiger partial charge in [-0.25, -0.2) is 17.8 Å². The molecular formula is C17H13Cl2FN5O3S+. The van der Waals surface area contributed by atoms with Crippen LogP contribution < -0.4 is 10.7 Å². The van der Waals surface area contributed by atoms with Crippen molar-refractivity contribution in [1.29, 1.82) is 0 Å². The third kappa shape index (κ3) is 5.17. The molecule has 0 aliphatic rings. The molecule has 0 bridgehead atoms. The number of H-pyrrole nitrogens is 1. The Morgan fingerprint density at radius 3 is 2.72 bits per heavy atom. The summed E-state index contributed by atoms with van der Waals surface area (Å²) in [5.74, 6) is -0.325. The largest absolute Gasteiger partial charge is 0.392 e. The van der Waals surface area contributed by atoms with Crippen molar-refractivity contribution in [2.75, 3.05) is 0 Å². The minimum Gasteiger partial charge on any atom is -0.392 e. The van der Waals surface area contributed by atoms with Gasteiger partial charge in [0.15, 0.2) is 4.90 Å². The highest BCUT2D eigenvalue weighted by Gasteiger charge is 2.24. The van der Waals surface area contributed by atoms with Crippen molar-refractivity contribution in [3.63, 3.8) is 0 Å². The lowest BCUT2D eigenvalue weighted by molar-refractivity contribution is -0.389. The number of benzene rings is 1. The fraction of sp³-hybridized carbons (Fsp3) is 0.0588. The molecule has 8 nitrogen and oxygen atoms in total. The molecule has 0 radical (unpaired) electrons. The number of nitrogens with two attached hydrogens (primary N) is 1. The fourth-order valence-corrected chi connectivity index (χ4v) is 3.62. The van der Waals surface area contributed by atoms with Gasteiger partial charge in [0.1, 0.15) is 29.7 Å². The van der Waals surface area contributed by atoms with Crippen molar-refractivity contribution in [2.45, 2.75) is 11.4 Å². The Morgan fingerprint density at radius 2 is 2.10 bits per heavy atom. The summed E-state index contributed by atoms with van der Waals surface area (Å²) < 4.78 is 41.5. The average Bonchev–Trinajstić information content (AvgIpc) is 3.19. The van der Waals surface area contributed by atoms with E-state index in [-0.39, 0.29) is 28.1 Å². The van der Waals surface area contributed by atoms with Gasteiger partial charge < -0.3 is 10.3 Å². The third-order valence-corrected chi connectivity index (χ3v) is 5.39. The van der Waals surface area contributed by atoms with E-state index in [0.29, 0.717) is 17.0 Å². The van der Waals surface area contributed by atoms with Crippen LogP contribution in [-0.4, -0.2) is 24.3 Å². The van der Waals surface area contributed by atoms with E-state index >= 15 is 0 Å². The molecule has 0 atom stereocenters. The number of aromatic amines is 1. The maximum atomic E-state index is 13.9. The first-order chi connectivity index (χ1) is 13.8. The molecule has 0 spiro atoms. The van der Waals surface area contributed by atoms with Crippen LogP contribution in [0.25, 0.3) is 5.70 Å². The van der Waals surface area contributed by atoms with Gasteiger partial charge in [0.25, 0.3) is 14.2 Å². The standard InChI is InChI=1S/C17H12Cl2FN5O3S/c18-16-15(29(19,26)27)9-23-17(24-16)12(21)7-14(13-5-6-28-25-13)22-8-10-3-1-2-4-11(10)20/h1-7,9H,8,21H2/p+1/b12-7-,22-14?. The predicted molar refractivity (Wildman–Crippen MR) is 104 cm³/mol. The number of aromatic nitrogens is 3. The van der Waals surface area contributed by atoms with Crippen LogP contribution in [0, 0.1) is 5.82 Å². The minimum absolute atomic E-state index is 0.0278. The second-order valence-electron chi connectivity index (χ2n) is 5.62. The number of rotatable bonds is 6. The minimum atomic E-state index is -4.07. The van der Waals surface area contributed by atoms with E-state index in [4.69, 9.17) is 32.5 Å². The summed E-state index contributed by atoms with van der Waals surface area (Å²) in [5, 5.41) is 3.46. The molecule has 0 unspecified atom stereocenters. The molecule has 2 heterocycles. The second kappa shape index (κ2) is 8.68. The van der Waals surface area contributed by atoms with Crippen molar-refractivity contribution in [1.82, 2.24) is 10.1 Å². The third-order valence-electron chi connectivity index (χ3n) is 3.66. The lowest BCUT2D eigenvalue weighted by atomic mass is 10.2. The van der Waals surface area contributed by atoms with Crippen LogP contribution in [0.15, 0.2) is 63.3 Å². The summed E-state index contributed by atoms with van der Waals surface area (Å²) in [4.78, 5) is 10.5. The predicted octanol–water partition coefficient (Wildman–Crippen LogP) is 2.59. The number of halogens is 3. The Bertz CT molecular complexity index is 1200. The van der Waals surface area contributed by atoms with Gasteiger partial charge in [0, 0.05) is 22.3 Å². The van der Waals surface area contributed by atoms with Gasteiger partial charge in [0.2, 0.25) is 0 Å². The van der Waals surface area contributed by atoms with Crippen LogP contribution in [0.1, 0.15) is 17.1 Å². The number of hydrogen-bond donors (Lipinski definition) is 1. The van der Waals surface area contributed by atoms with Gasteiger partial charge in [-0.2, -0.15) is 0 Å². The van der Waals surface area contributed by atoms with E-state index in [1.54, 1.807) is 24.3 Å². The molecular weight excluding hydrogens is 444 g/mol. The molecule has 3 aromatic rings. The zero-order chi connectivity index (χ0) is 21.0. The van der Waals surface area contributed by atoms with Gasteiger partial charge in [-0.05, 0) is 28.7 Å². The van der Waals surface area contributed by atoms with Crippen molar-refractivity contribution in [3.05, 3.63) is 76.9 Å². The van der Waals surface area contributed by atoms with Gasteiger partial charge in [-0.1, -0.05) is 23.4 Å². The summed E-state index contributed by atoms with van der Waals surface area (Å²) in [7, 11) is 1.20. The van der Waals surface area contributed by atoms with E-state index in [2.05, 4.69) is 20.1 Å². The quantitative estimate of drug-likeness (QED) is 0.345. The van der Waals surface area contributed by atoms with Crippen molar-refractivity contribution in [3.8, 4) is 0 Å². The monoisotopic (exact) mass is 456 g/mol. The molecule has 0 fully saturated rings. The summed E-state index contributed by atoms with van der Waals surface area (Å²) in [6, 6.07) is 7.76. The first kappa shape index (κ1) is 20.9. The molecule has 0 saturated carbocycles. The molecule has 3 N–H and O–H groups in total. The van der Waals surface area contributed by atoms with Crippen LogP contribution in [-0.2, 0) is 15.6 Å². The number of hydrogen-bond acceptors (Lipinski definition) is 7. The Kier molecular flexibility index (Phi) is 6.26. The topological polar surface area (TPSA) is 126 Å². The van der Waals surface area contributed by atoms with E-state index < -0.39 is 14.9 Å². The average molecular weight is 457 g/mol. The summed E-state index contributed by atoms with van der Waals surface area (Å²) in [6.07, 6.45) is 3.84. The Labute approximate surface area is 174 Å². The fourth-order valence-electron chi connectivity index (χ4n) is 2.26. The smallest absolute Gasteiger partial charge is 0.345 e. The maximum Gasteiger partial charge on any atom is 0.345 e. The highest BCUT2D eigenvalue weighted by molar-refractivity contribution is 8.13. The SMILES string of the molecule is N/C(=C\C(=NCc1ccccc1F)c1ccon1)c1nc(Cl)c(S(=O)(=O)Cl)c[nH+]1. The molecule has 150 valence electrons. The molecule has 12 heteroatoms. The lowest BCUT2D eigenvalue weighted by Crippen LogP contribution is -2.19. The molecule has 1 aromatic carbocycles. The molecule has 3 rings (SSSR count). The van der Waals surface area contributed by atoms with Crippen LogP contribution in [0.2, 0.25) is 5.15 Å². The molecule has 29 heavy (non-hydrogen) atoms. The number of aliphatic imine (C=N–C) groups is 1. The Balaban J connectivity index is 1.97. The second-order valence-corrected chi connectivity index (χ2v) is 8.51. The van der Waals surface area contributed by atoms with E-state index in [1.165, 1.54) is 18.4 Å². The van der Waals surface area contributed by atoms with Gasteiger partial charge in [0.05, 0.1) is 12.3 Å². The van der Waals surface area contributed by atoms with Gasteiger partial charge in [-0.15, -0.1) is 0 Å². The zero-order valence-electron chi connectivity index (χ0n) is 14.5. The first-order valence-electron chi connectivity index (χ1n) is 7.94. The van der Waals surface area contributed by atoms with E-state index in [1.807, 2.05) is 0 Å². The summed E-state index contributed by atoms with van der Waals surface area (Å²) in [5.41, 5.74) is 7.14. The lowest BCUT2D eigenvalue weighted by Gasteiger charge is -2.02. The van der Waals surface area contributed by atoms with E-state index in [0.717, 1.165) is 6.20 Å². The van der Waals surface area contributed by atoms with Crippen molar-refractivity contribution < 1.29 is 22.3 Å². The highest BCUT2D eigenvalue weighted by atomic mass is 35.7. The first-order valence-corrected chi connectivity index (χ1v) is 10.6. The number of allylic oxidation sites excluding steroid dienone is 1. The van der Waals surface area contributed by atoms with Crippen LogP contribution in [0.4, 0.5) is 4.39 Å².